The van der Waals surface area contributed by atoms with Gasteiger partial charge in [0.25, 0.3) is 0 Å². The van der Waals surface area contributed by atoms with Crippen molar-refractivity contribution in [1.82, 2.24) is 14.7 Å². The number of carbonyl (C=O) groups excluding carboxylic acids is 1. The van der Waals surface area contributed by atoms with Crippen molar-refractivity contribution in [3.63, 3.8) is 0 Å². The molecule has 0 aromatic heterocycles. The van der Waals surface area contributed by atoms with Crippen molar-refractivity contribution in [3.8, 4) is 0 Å². The van der Waals surface area contributed by atoms with E-state index in [4.69, 9.17) is 9.47 Å². The third-order valence-corrected chi connectivity index (χ3v) is 9.07. The molecular formula is C33H47N3O3. The number of carbonyl (C=O) groups is 1. The van der Waals surface area contributed by atoms with E-state index in [-0.39, 0.29) is 18.2 Å². The second-order valence-electron chi connectivity index (χ2n) is 11.8. The van der Waals surface area contributed by atoms with Crippen LogP contribution >= 0.6 is 0 Å². The van der Waals surface area contributed by atoms with Crippen LogP contribution in [0, 0.1) is 5.92 Å². The molecule has 6 heteroatoms. The lowest BCUT2D eigenvalue weighted by molar-refractivity contribution is -0.158. The van der Waals surface area contributed by atoms with Crippen LogP contribution in [0.3, 0.4) is 0 Å². The average molecular weight is 534 g/mol. The van der Waals surface area contributed by atoms with Crippen molar-refractivity contribution in [2.24, 2.45) is 5.92 Å². The number of piperidine rings is 4. The minimum atomic E-state index is 0.00550. The summed E-state index contributed by atoms with van der Waals surface area (Å²) in [6.45, 7) is 8.27. The second kappa shape index (κ2) is 14.4. The molecule has 2 bridgehead atoms. The maximum absolute atomic E-state index is 12.4. The van der Waals surface area contributed by atoms with Gasteiger partial charge in [-0.2, -0.15) is 0 Å². The number of likely N-dealkylation sites (tertiary alicyclic amines) is 1. The summed E-state index contributed by atoms with van der Waals surface area (Å²) in [6.07, 6.45) is 7.46. The van der Waals surface area contributed by atoms with Crippen molar-refractivity contribution < 1.29 is 14.3 Å². The smallest absolute Gasteiger partial charge is 0.306 e. The fourth-order valence-electron chi connectivity index (χ4n) is 6.80. The topological polar surface area (TPSA) is 45.2 Å². The first-order chi connectivity index (χ1) is 19.2. The molecule has 0 radical (unpaired) electrons. The Morgan fingerprint density at radius 1 is 0.821 bits per heavy atom. The summed E-state index contributed by atoms with van der Waals surface area (Å²) >= 11 is 0. The fourth-order valence-corrected chi connectivity index (χ4v) is 6.80. The number of esters is 1. The Kier molecular flexibility index (Phi) is 10.4. The minimum absolute atomic E-state index is 0.00550. The number of rotatable bonds is 13. The molecule has 3 atom stereocenters. The van der Waals surface area contributed by atoms with Crippen LogP contribution in [0.5, 0.6) is 0 Å². The average Bonchev–Trinajstić information content (AvgIpc) is 2.98. The number of ether oxygens (including phenoxy) is 2. The quantitative estimate of drug-likeness (QED) is 0.267. The van der Waals surface area contributed by atoms with Crippen LogP contribution in [0.2, 0.25) is 0 Å². The van der Waals surface area contributed by atoms with E-state index in [0.29, 0.717) is 18.4 Å². The summed E-state index contributed by atoms with van der Waals surface area (Å²) < 4.78 is 12.0. The third kappa shape index (κ3) is 8.14. The lowest BCUT2D eigenvalue weighted by atomic mass is 9.86. The molecular weight excluding hydrogens is 486 g/mol. The maximum Gasteiger partial charge on any atom is 0.306 e. The number of methoxy groups -OCH3 is 1. The molecule has 4 aliphatic heterocycles. The monoisotopic (exact) mass is 533 g/mol. The highest BCUT2D eigenvalue weighted by Gasteiger charge is 2.36. The molecule has 2 aromatic carbocycles. The highest BCUT2D eigenvalue weighted by Crippen LogP contribution is 2.30. The molecule has 0 amide bonds. The predicted molar refractivity (Wildman–Crippen MR) is 155 cm³/mol. The van der Waals surface area contributed by atoms with Gasteiger partial charge in [-0.1, -0.05) is 67.1 Å². The summed E-state index contributed by atoms with van der Waals surface area (Å²) in [7, 11) is 1.87. The Hall–Kier alpha value is -2.25. The van der Waals surface area contributed by atoms with Crippen LogP contribution in [-0.2, 0) is 27.4 Å². The van der Waals surface area contributed by atoms with Gasteiger partial charge in [-0.05, 0) is 75.3 Å². The SMILES string of the molecule is CO[C@H]1CN(CCCCCC(=O)O[C@H]2CN3CCC2CC3)CC[C@H]1N(Cc1ccccc1)Cc1ccccc1. The van der Waals surface area contributed by atoms with Crippen LogP contribution in [0.1, 0.15) is 56.1 Å². The van der Waals surface area contributed by atoms with E-state index in [0.717, 1.165) is 65.0 Å². The molecule has 4 heterocycles. The van der Waals surface area contributed by atoms with E-state index in [1.54, 1.807) is 0 Å². The van der Waals surface area contributed by atoms with Crippen molar-refractivity contribution in [3.05, 3.63) is 71.8 Å². The lowest BCUT2D eigenvalue weighted by Crippen LogP contribution is -2.54. The number of benzene rings is 2. The van der Waals surface area contributed by atoms with Crippen LogP contribution in [-0.4, -0.2) is 85.3 Å². The van der Waals surface area contributed by atoms with Gasteiger partial charge in [-0.25, -0.2) is 0 Å². The number of hydrogen-bond acceptors (Lipinski definition) is 6. The highest BCUT2D eigenvalue weighted by molar-refractivity contribution is 5.69. The van der Waals surface area contributed by atoms with Crippen LogP contribution in [0.25, 0.3) is 0 Å². The molecule has 0 saturated carbocycles. The van der Waals surface area contributed by atoms with Gasteiger partial charge in [-0.15, -0.1) is 0 Å². The molecule has 6 rings (SSSR count). The number of unbranched alkanes of at least 4 members (excludes halogenated alkanes) is 2. The molecule has 4 fully saturated rings. The minimum Gasteiger partial charge on any atom is -0.461 e. The summed E-state index contributed by atoms with van der Waals surface area (Å²) in [6, 6.07) is 22.0. The number of hydrogen-bond donors (Lipinski definition) is 0. The maximum atomic E-state index is 12.4. The first-order valence-electron chi connectivity index (χ1n) is 15.2. The van der Waals surface area contributed by atoms with E-state index in [1.165, 1.54) is 37.1 Å². The number of fused-ring (bicyclic) bond motifs is 3. The van der Waals surface area contributed by atoms with Crippen molar-refractivity contribution in [1.29, 1.82) is 0 Å². The summed E-state index contributed by atoms with van der Waals surface area (Å²) in [4.78, 5) is 20.0. The predicted octanol–water partition coefficient (Wildman–Crippen LogP) is 4.98. The zero-order valence-electron chi connectivity index (χ0n) is 23.8. The largest absolute Gasteiger partial charge is 0.461 e. The Morgan fingerprint density at radius 3 is 2.08 bits per heavy atom. The molecule has 4 saturated heterocycles. The Labute approximate surface area is 235 Å². The Bertz CT molecular complexity index is 954. The van der Waals surface area contributed by atoms with Gasteiger partial charge in [0.05, 0.1) is 6.10 Å². The summed E-state index contributed by atoms with van der Waals surface area (Å²) in [5.41, 5.74) is 2.69. The first kappa shape index (κ1) is 28.3. The van der Waals surface area contributed by atoms with Gasteiger partial charge in [0.15, 0.2) is 0 Å². The van der Waals surface area contributed by atoms with Gasteiger partial charge in [0, 0.05) is 45.8 Å². The first-order valence-corrected chi connectivity index (χ1v) is 15.2. The Morgan fingerprint density at radius 2 is 1.49 bits per heavy atom. The normalized spacial score (nSPS) is 27.1. The molecule has 6 nitrogen and oxygen atoms in total. The molecule has 212 valence electrons. The van der Waals surface area contributed by atoms with Crippen LogP contribution in [0.4, 0.5) is 0 Å². The van der Waals surface area contributed by atoms with E-state index < -0.39 is 0 Å². The van der Waals surface area contributed by atoms with Crippen LogP contribution in [0.15, 0.2) is 60.7 Å². The van der Waals surface area contributed by atoms with Gasteiger partial charge < -0.3 is 14.4 Å². The lowest BCUT2D eigenvalue weighted by Gasteiger charge is -2.44. The molecule has 0 aliphatic carbocycles. The zero-order chi connectivity index (χ0) is 26.9. The third-order valence-electron chi connectivity index (χ3n) is 9.07. The van der Waals surface area contributed by atoms with Gasteiger partial charge in [0.1, 0.15) is 6.10 Å². The van der Waals surface area contributed by atoms with Crippen molar-refractivity contribution >= 4 is 5.97 Å². The van der Waals surface area contributed by atoms with Gasteiger partial charge in [0.2, 0.25) is 0 Å². The van der Waals surface area contributed by atoms with E-state index in [1.807, 2.05) is 7.11 Å². The molecule has 0 spiro atoms. The van der Waals surface area contributed by atoms with Gasteiger partial charge >= 0.3 is 5.97 Å². The van der Waals surface area contributed by atoms with Crippen molar-refractivity contribution in [2.45, 2.75) is 76.3 Å². The molecule has 39 heavy (non-hydrogen) atoms. The number of nitrogens with zero attached hydrogens (tertiary/aromatic N) is 3. The second-order valence-corrected chi connectivity index (χ2v) is 11.8. The van der Waals surface area contributed by atoms with Crippen LogP contribution < -0.4 is 0 Å². The molecule has 4 aliphatic rings. The Balaban J connectivity index is 1.05. The summed E-state index contributed by atoms with van der Waals surface area (Å²) in [5.74, 6) is 0.595. The van der Waals surface area contributed by atoms with E-state index in [2.05, 4.69) is 75.4 Å². The standard InChI is InChI=1S/C33H47N3O3/c1-38-32-26-34(19-10-4-9-15-33(37)39-31-25-35-20-16-29(31)17-21-35)22-18-30(32)36(23-27-11-5-2-6-12-27)24-28-13-7-3-8-14-28/h2-3,5-8,11-14,29-32H,4,9-10,15-26H2,1H3/t30-,31+,32+/m1/s1. The molecule has 2 aromatic rings. The van der Waals surface area contributed by atoms with E-state index in [9.17, 15) is 4.79 Å². The van der Waals surface area contributed by atoms with Crippen molar-refractivity contribution in [2.75, 3.05) is 46.4 Å². The highest BCUT2D eigenvalue weighted by atomic mass is 16.5. The fraction of sp³-hybridized carbons (Fsp3) is 0.606. The zero-order valence-corrected chi connectivity index (χ0v) is 23.8. The van der Waals surface area contributed by atoms with E-state index >= 15 is 0 Å². The molecule has 0 N–H and O–H groups in total. The summed E-state index contributed by atoms with van der Waals surface area (Å²) in [5, 5.41) is 0. The van der Waals surface area contributed by atoms with Gasteiger partial charge in [-0.3, -0.25) is 14.6 Å². The molecule has 0 unspecified atom stereocenters.